The van der Waals surface area contributed by atoms with Gasteiger partial charge in [0.15, 0.2) is 0 Å². The molecule has 92 valence electrons. The minimum absolute atomic E-state index is 0.118. The first kappa shape index (κ1) is 13.1. The standard InChI is InChI=1S/C13H10BrClN2O/c14-10-6-4-9(5-7-10)8-13(18)17-12-3-1-2-11(15)16-12/h1-7H,8H2,(H,16,17,18). The van der Waals surface area contributed by atoms with Gasteiger partial charge in [-0.3, -0.25) is 4.79 Å². The Labute approximate surface area is 118 Å². The van der Waals surface area contributed by atoms with Gasteiger partial charge in [0.2, 0.25) is 5.91 Å². The third-order valence-corrected chi connectivity index (χ3v) is 3.00. The van der Waals surface area contributed by atoms with Crippen molar-refractivity contribution in [2.24, 2.45) is 0 Å². The van der Waals surface area contributed by atoms with Crippen molar-refractivity contribution in [3.8, 4) is 0 Å². The Bertz CT molecular complexity index is 557. The number of pyridine rings is 1. The summed E-state index contributed by atoms with van der Waals surface area (Å²) >= 11 is 9.09. The highest BCUT2D eigenvalue weighted by Crippen LogP contribution is 2.12. The zero-order chi connectivity index (χ0) is 13.0. The second kappa shape index (κ2) is 5.98. The fourth-order valence-electron chi connectivity index (χ4n) is 1.45. The largest absolute Gasteiger partial charge is 0.310 e. The maximum atomic E-state index is 11.8. The Hall–Kier alpha value is -1.39. The summed E-state index contributed by atoms with van der Waals surface area (Å²) in [6.07, 6.45) is 0.307. The maximum absolute atomic E-state index is 11.8. The molecule has 3 nitrogen and oxygen atoms in total. The topological polar surface area (TPSA) is 42.0 Å². The minimum Gasteiger partial charge on any atom is -0.310 e. The number of nitrogens with one attached hydrogen (secondary N) is 1. The summed E-state index contributed by atoms with van der Waals surface area (Å²) in [6.45, 7) is 0. The first-order valence-corrected chi connectivity index (χ1v) is 6.47. The van der Waals surface area contributed by atoms with Gasteiger partial charge in [0.25, 0.3) is 0 Å². The first-order chi connectivity index (χ1) is 8.63. The fourth-order valence-corrected chi connectivity index (χ4v) is 1.88. The highest BCUT2D eigenvalue weighted by Gasteiger charge is 2.05. The van der Waals surface area contributed by atoms with Gasteiger partial charge in [-0.05, 0) is 29.8 Å². The number of amides is 1. The number of carbonyl (C=O) groups is 1. The normalized spacial score (nSPS) is 10.1. The van der Waals surface area contributed by atoms with E-state index in [1.54, 1.807) is 18.2 Å². The van der Waals surface area contributed by atoms with E-state index >= 15 is 0 Å². The number of aromatic nitrogens is 1. The van der Waals surface area contributed by atoms with E-state index in [4.69, 9.17) is 11.6 Å². The molecule has 0 aliphatic heterocycles. The number of carbonyl (C=O) groups excluding carboxylic acids is 1. The summed E-state index contributed by atoms with van der Waals surface area (Å²) < 4.78 is 0.989. The van der Waals surface area contributed by atoms with Crippen LogP contribution >= 0.6 is 27.5 Å². The van der Waals surface area contributed by atoms with Crippen LogP contribution in [0.25, 0.3) is 0 Å². The lowest BCUT2D eigenvalue weighted by Gasteiger charge is -2.04. The molecule has 2 aromatic rings. The van der Waals surface area contributed by atoms with Crippen LogP contribution in [0, 0.1) is 0 Å². The lowest BCUT2D eigenvalue weighted by atomic mass is 10.1. The van der Waals surface area contributed by atoms with Crippen molar-refractivity contribution in [3.63, 3.8) is 0 Å². The van der Waals surface area contributed by atoms with Gasteiger partial charge in [-0.15, -0.1) is 0 Å². The van der Waals surface area contributed by atoms with Gasteiger partial charge in [-0.2, -0.15) is 0 Å². The Balaban J connectivity index is 1.98. The summed E-state index contributed by atoms with van der Waals surface area (Å²) in [7, 11) is 0. The van der Waals surface area contributed by atoms with Crippen molar-refractivity contribution in [2.45, 2.75) is 6.42 Å². The predicted octanol–water partition coefficient (Wildman–Crippen LogP) is 3.68. The summed E-state index contributed by atoms with van der Waals surface area (Å²) in [5.74, 6) is 0.344. The van der Waals surface area contributed by atoms with E-state index in [1.807, 2.05) is 24.3 Å². The molecule has 1 aromatic carbocycles. The third kappa shape index (κ3) is 3.82. The molecule has 18 heavy (non-hydrogen) atoms. The van der Waals surface area contributed by atoms with Crippen molar-refractivity contribution >= 4 is 39.3 Å². The quantitative estimate of drug-likeness (QED) is 0.875. The van der Waals surface area contributed by atoms with E-state index in [2.05, 4.69) is 26.2 Å². The number of nitrogens with zero attached hydrogens (tertiary/aromatic N) is 1. The van der Waals surface area contributed by atoms with Crippen molar-refractivity contribution in [1.82, 2.24) is 4.98 Å². The van der Waals surface area contributed by atoms with Gasteiger partial charge in [0, 0.05) is 4.47 Å². The molecule has 5 heteroatoms. The molecule has 0 atom stereocenters. The van der Waals surface area contributed by atoms with E-state index in [0.29, 0.717) is 17.4 Å². The summed E-state index contributed by atoms with van der Waals surface area (Å²) in [4.78, 5) is 15.8. The van der Waals surface area contributed by atoms with E-state index in [9.17, 15) is 4.79 Å². The SMILES string of the molecule is O=C(Cc1ccc(Br)cc1)Nc1cccc(Cl)n1. The number of hydrogen-bond donors (Lipinski definition) is 1. The molecule has 0 fully saturated rings. The molecule has 1 aromatic heterocycles. The first-order valence-electron chi connectivity index (χ1n) is 5.30. The van der Waals surface area contributed by atoms with E-state index in [-0.39, 0.29) is 5.91 Å². The average Bonchev–Trinajstić information content (AvgIpc) is 2.32. The molecular weight excluding hydrogens is 316 g/mol. The van der Waals surface area contributed by atoms with Crippen LogP contribution in [0.1, 0.15) is 5.56 Å². The van der Waals surface area contributed by atoms with Crippen LogP contribution in [0.4, 0.5) is 5.82 Å². The van der Waals surface area contributed by atoms with E-state index in [0.717, 1.165) is 10.0 Å². The molecule has 0 spiro atoms. The zero-order valence-electron chi connectivity index (χ0n) is 9.36. The number of benzene rings is 1. The minimum atomic E-state index is -0.118. The molecule has 0 unspecified atom stereocenters. The Morgan fingerprint density at radius 1 is 1.22 bits per heavy atom. The number of rotatable bonds is 3. The van der Waals surface area contributed by atoms with Gasteiger partial charge in [0.05, 0.1) is 6.42 Å². The second-order valence-electron chi connectivity index (χ2n) is 3.70. The van der Waals surface area contributed by atoms with E-state index < -0.39 is 0 Å². The van der Waals surface area contributed by atoms with Crippen LogP contribution in [0.2, 0.25) is 5.15 Å². The highest BCUT2D eigenvalue weighted by atomic mass is 79.9. The van der Waals surface area contributed by atoms with Crippen LogP contribution in [0.5, 0.6) is 0 Å². The molecule has 0 aliphatic carbocycles. The van der Waals surface area contributed by atoms with Gasteiger partial charge in [-0.25, -0.2) is 4.98 Å². The predicted molar refractivity (Wildman–Crippen MR) is 75.7 cm³/mol. The van der Waals surface area contributed by atoms with Crippen molar-refractivity contribution in [1.29, 1.82) is 0 Å². The van der Waals surface area contributed by atoms with Crippen LogP contribution in [0.15, 0.2) is 46.9 Å². The molecule has 1 amide bonds. The van der Waals surface area contributed by atoms with Gasteiger partial charge in [-0.1, -0.05) is 45.7 Å². The lowest BCUT2D eigenvalue weighted by molar-refractivity contribution is -0.115. The van der Waals surface area contributed by atoms with Gasteiger partial charge >= 0.3 is 0 Å². The van der Waals surface area contributed by atoms with Crippen molar-refractivity contribution in [3.05, 3.63) is 57.7 Å². The molecule has 0 saturated heterocycles. The van der Waals surface area contributed by atoms with Crippen molar-refractivity contribution in [2.75, 3.05) is 5.32 Å². The number of anilines is 1. The summed E-state index contributed by atoms with van der Waals surface area (Å²) in [6, 6.07) is 12.7. The molecule has 1 N–H and O–H groups in total. The fraction of sp³-hybridized carbons (Fsp3) is 0.0769. The highest BCUT2D eigenvalue weighted by molar-refractivity contribution is 9.10. The molecule has 0 bridgehead atoms. The van der Waals surface area contributed by atoms with Crippen LogP contribution in [0.3, 0.4) is 0 Å². The van der Waals surface area contributed by atoms with Crippen molar-refractivity contribution < 1.29 is 4.79 Å². The molecule has 2 rings (SSSR count). The van der Waals surface area contributed by atoms with Crippen LogP contribution in [-0.2, 0) is 11.2 Å². The second-order valence-corrected chi connectivity index (χ2v) is 5.00. The molecule has 0 radical (unpaired) electrons. The third-order valence-electron chi connectivity index (χ3n) is 2.26. The maximum Gasteiger partial charge on any atom is 0.229 e. The number of hydrogen-bond acceptors (Lipinski definition) is 2. The molecule has 0 saturated carbocycles. The number of halogens is 2. The van der Waals surface area contributed by atoms with Crippen LogP contribution < -0.4 is 5.32 Å². The molecular formula is C13H10BrClN2O. The Morgan fingerprint density at radius 2 is 1.94 bits per heavy atom. The Morgan fingerprint density at radius 3 is 2.61 bits per heavy atom. The smallest absolute Gasteiger partial charge is 0.229 e. The summed E-state index contributed by atoms with van der Waals surface area (Å²) in [5.41, 5.74) is 0.942. The van der Waals surface area contributed by atoms with Crippen LogP contribution in [-0.4, -0.2) is 10.9 Å². The van der Waals surface area contributed by atoms with E-state index in [1.165, 1.54) is 0 Å². The lowest BCUT2D eigenvalue weighted by Crippen LogP contribution is -2.15. The average molecular weight is 326 g/mol. The Kier molecular flexibility index (Phi) is 4.33. The van der Waals surface area contributed by atoms with Gasteiger partial charge < -0.3 is 5.32 Å². The van der Waals surface area contributed by atoms with Gasteiger partial charge in [0.1, 0.15) is 11.0 Å². The monoisotopic (exact) mass is 324 g/mol. The molecule has 0 aliphatic rings. The molecule has 1 heterocycles. The summed E-state index contributed by atoms with van der Waals surface area (Å²) in [5, 5.41) is 3.06. The zero-order valence-corrected chi connectivity index (χ0v) is 11.7.